The van der Waals surface area contributed by atoms with Gasteiger partial charge in [0, 0.05) is 38.1 Å². The topological polar surface area (TPSA) is 17.8 Å². The molecule has 8 aromatic rings. The molecule has 0 aliphatic carbocycles. The fourth-order valence-electron chi connectivity index (χ4n) is 5.72. The van der Waals surface area contributed by atoms with E-state index < -0.39 is 0 Å². The van der Waals surface area contributed by atoms with Crippen LogP contribution in [0.2, 0.25) is 0 Å². The van der Waals surface area contributed by atoms with Crippen LogP contribution in [-0.4, -0.2) is 9.55 Å². The number of para-hydroxylation sites is 1. The molecule has 2 nitrogen and oxygen atoms in total. The van der Waals surface area contributed by atoms with Crippen molar-refractivity contribution in [3.8, 4) is 27.9 Å². The third-order valence-electron chi connectivity index (χ3n) is 7.43. The second-order valence-electron chi connectivity index (χ2n) is 9.65. The number of hydrogen-bond donors (Lipinski definition) is 0. The minimum atomic E-state index is 1.07. The Morgan fingerprint density at radius 1 is 0.526 bits per heavy atom. The summed E-state index contributed by atoms with van der Waals surface area (Å²) in [6.07, 6.45) is 2.06. The Labute approximate surface area is 224 Å². The van der Waals surface area contributed by atoms with Crippen LogP contribution in [0.1, 0.15) is 0 Å². The lowest BCUT2D eigenvalue weighted by Crippen LogP contribution is -1.96. The Balaban J connectivity index is 1.54. The molecule has 0 N–H and O–H groups in total. The van der Waals surface area contributed by atoms with Gasteiger partial charge in [-0.05, 0) is 52.6 Å². The number of thiophene rings is 1. The van der Waals surface area contributed by atoms with Crippen LogP contribution in [0.5, 0.6) is 0 Å². The van der Waals surface area contributed by atoms with Gasteiger partial charge < -0.3 is 4.57 Å². The molecule has 0 bridgehead atoms. The first-order valence-electron chi connectivity index (χ1n) is 12.8. The first-order chi connectivity index (χ1) is 18.8. The van der Waals surface area contributed by atoms with Gasteiger partial charge in [-0.1, -0.05) is 97.1 Å². The maximum Gasteiger partial charge on any atom is 0.126 e. The van der Waals surface area contributed by atoms with Crippen LogP contribution in [0, 0.1) is 0 Å². The molecule has 3 heterocycles. The van der Waals surface area contributed by atoms with E-state index in [-0.39, 0.29) is 0 Å². The minimum Gasteiger partial charge on any atom is -0.308 e. The first-order valence-corrected chi connectivity index (χ1v) is 13.6. The zero-order chi connectivity index (χ0) is 25.1. The Kier molecular flexibility index (Phi) is 4.73. The second-order valence-corrected chi connectivity index (χ2v) is 10.7. The Morgan fingerprint density at radius 2 is 1.13 bits per heavy atom. The van der Waals surface area contributed by atoms with Gasteiger partial charge in [-0.25, -0.2) is 4.98 Å². The van der Waals surface area contributed by atoms with Crippen LogP contribution in [0.15, 0.2) is 134 Å². The van der Waals surface area contributed by atoms with E-state index in [1.165, 1.54) is 59.5 Å². The van der Waals surface area contributed by atoms with Crippen LogP contribution < -0.4 is 0 Å². The number of nitrogens with zero attached hydrogens (tertiary/aromatic N) is 2. The van der Waals surface area contributed by atoms with E-state index in [9.17, 15) is 0 Å². The van der Waals surface area contributed by atoms with Gasteiger partial charge in [0.2, 0.25) is 0 Å². The highest BCUT2D eigenvalue weighted by atomic mass is 32.1. The summed E-state index contributed by atoms with van der Waals surface area (Å²) < 4.78 is 3.72. The number of fused-ring (bicyclic) bond motifs is 7. The minimum absolute atomic E-state index is 1.07. The predicted molar refractivity (Wildman–Crippen MR) is 162 cm³/mol. The van der Waals surface area contributed by atoms with Crippen LogP contribution in [0.3, 0.4) is 0 Å². The van der Waals surface area contributed by atoms with Crippen molar-refractivity contribution in [1.29, 1.82) is 0 Å². The van der Waals surface area contributed by atoms with Crippen LogP contribution in [0.25, 0.3) is 70.0 Å². The standard InChI is InChI=1S/C35H22N2S/c1-3-11-23(12-4-1)25-19-26(24-13-5-2-6-14-24)21-27(20-25)37-31-17-9-7-15-28(31)30-22-36-35-33(34(30)37)29-16-8-10-18-32(29)38-35/h1-22H. The van der Waals surface area contributed by atoms with E-state index in [0.717, 1.165) is 10.5 Å². The van der Waals surface area contributed by atoms with Gasteiger partial charge in [0.05, 0.1) is 11.0 Å². The average molecular weight is 503 g/mol. The molecule has 178 valence electrons. The Morgan fingerprint density at radius 3 is 1.84 bits per heavy atom. The molecule has 0 radical (unpaired) electrons. The predicted octanol–water partition coefficient (Wildman–Crippen LogP) is 9.88. The largest absolute Gasteiger partial charge is 0.308 e. The van der Waals surface area contributed by atoms with Crippen LogP contribution in [0.4, 0.5) is 0 Å². The van der Waals surface area contributed by atoms with E-state index in [4.69, 9.17) is 4.98 Å². The van der Waals surface area contributed by atoms with Gasteiger partial charge in [0.1, 0.15) is 4.83 Å². The smallest absolute Gasteiger partial charge is 0.126 e. The molecule has 0 amide bonds. The molecule has 0 spiro atoms. The van der Waals surface area contributed by atoms with Crippen molar-refractivity contribution in [3.05, 3.63) is 134 Å². The molecule has 3 aromatic heterocycles. The average Bonchev–Trinajstić information content (AvgIpc) is 3.53. The summed E-state index contributed by atoms with van der Waals surface area (Å²) in [5.41, 5.74) is 8.38. The molecular weight excluding hydrogens is 480 g/mol. The third-order valence-corrected chi connectivity index (χ3v) is 8.51. The summed E-state index contributed by atoms with van der Waals surface area (Å²) in [6.45, 7) is 0. The molecule has 3 heteroatoms. The molecule has 0 aliphatic rings. The van der Waals surface area contributed by atoms with Crippen LogP contribution >= 0.6 is 11.3 Å². The lowest BCUT2D eigenvalue weighted by Gasteiger charge is -2.14. The first kappa shape index (κ1) is 21.4. The van der Waals surface area contributed by atoms with Crippen molar-refractivity contribution in [2.45, 2.75) is 0 Å². The summed E-state index contributed by atoms with van der Waals surface area (Å²) in [6, 6.07) is 45.7. The van der Waals surface area contributed by atoms with Gasteiger partial charge in [-0.2, -0.15) is 0 Å². The fraction of sp³-hybridized carbons (Fsp3) is 0. The quantitative estimate of drug-likeness (QED) is 0.235. The highest BCUT2D eigenvalue weighted by Gasteiger charge is 2.19. The molecule has 8 rings (SSSR count). The Bertz CT molecular complexity index is 2060. The Hall–Kier alpha value is -4.73. The molecule has 5 aromatic carbocycles. The molecule has 38 heavy (non-hydrogen) atoms. The maximum absolute atomic E-state index is 4.94. The number of rotatable bonds is 3. The molecule has 0 unspecified atom stereocenters. The van der Waals surface area contributed by atoms with E-state index in [0.29, 0.717) is 0 Å². The van der Waals surface area contributed by atoms with Crippen molar-refractivity contribution in [3.63, 3.8) is 0 Å². The lowest BCUT2D eigenvalue weighted by atomic mass is 9.98. The summed E-state index contributed by atoms with van der Waals surface area (Å²) in [4.78, 5) is 6.01. The number of benzene rings is 5. The van der Waals surface area contributed by atoms with Gasteiger partial charge >= 0.3 is 0 Å². The summed E-state index contributed by atoms with van der Waals surface area (Å²) >= 11 is 1.77. The molecule has 0 saturated carbocycles. The van der Waals surface area contributed by atoms with Crippen molar-refractivity contribution in [2.75, 3.05) is 0 Å². The maximum atomic E-state index is 4.94. The summed E-state index contributed by atoms with van der Waals surface area (Å²) in [5.74, 6) is 0. The number of aromatic nitrogens is 2. The monoisotopic (exact) mass is 502 g/mol. The van der Waals surface area contributed by atoms with E-state index >= 15 is 0 Å². The van der Waals surface area contributed by atoms with E-state index in [2.05, 4.69) is 138 Å². The van der Waals surface area contributed by atoms with Gasteiger partial charge in [-0.15, -0.1) is 11.3 Å². The number of pyridine rings is 1. The van der Waals surface area contributed by atoms with Gasteiger partial charge in [0.15, 0.2) is 0 Å². The summed E-state index contributed by atoms with van der Waals surface area (Å²) in [7, 11) is 0. The van der Waals surface area contributed by atoms with Gasteiger partial charge in [0.25, 0.3) is 0 Å². The molecule has 0 saturated heterocycles. The fourth-order valence-corrected chi connectivity index (χ4v) is 6.77. The van der Waals surface area contributed by atoms with E-state index in [1.807, 2.05) is 0 Å². The van der Waals surface area contributed by atoms with Crippen LogP contribution in [-0.2, 0) is 0 Å². The normalized spacial score (nSPS) is 11.7. The summed E-state index contributed by atoms with van der Waals surface area (Å²) in [5, 5.41) is 4.89. The second kappa shape index (κ2) is 8.41. The highest BCUT2D eigenvalue weighted by molar-refractivity contribution is 7.25. The SMILES string of the molecule is c1ccc(-c2cc(-c3ccccc3)cc(-n3c4ccccc4c4cnc5sc6ccccc6c5c43)c2)cc1. The lowest BCUT2D eigenvalue weighted by molar-refractivity contribution is 1.19. The highest BCUT2D eigenvalue weighted by Crippen LogP contribution is 2.42. The molecular formula is C35H22N2S. The third kappa shape index (κ3) is 3.22. The van der Waals surface area contributed by atoms with Gasteiger partial charge in [-0.3, -0.25) is 0 Å². The zero-order valence-electron chi connectivity index (χ0n) is 20.5. The zero-order valence-corrected chi connectivity index (χ0v) is 21.3. The van der Waals surface area contributed by atoms with E-state index in [1.54, 1.807) is 11.3 Å². The van der Waals surface area contributed by atoms with Crippen molar-refractivity contribution < 1.29 is 0 Å². The molecule has 0 fully saturated rings. The van der Waals surface area contributed by atoms with Crippen molar-refractivity contribution in [1.82, 2.24) is 9.55 Å². The van der Waals surface area contributed by atoms with Crippen molar-refractivity contribution in [2.24, 2.45) is 0 Å². The molecule has 0 atom stereocenters. The van der Waals surface area contributed by atoms with Crippen molar-refractivity contribution >= 4 is 53.4 Å². The molecule has 0 aliphatic heterocycles. The number of hydrogen-bond acceptors (Lipinski definition) is 2.